The molecule has 0 bridgehead atoms. The van der Waals surface area contributed by atoms with E-state index in [0.29, 0.717) is 28.3 Å². The first-order chi connectivity index (χ1) is 10.1. The fraction of sp³-hybridized carbons (Fsp3) is 0.467. The fourth-order valence-electron chi connectivity index (χ4n) is 2.28. The number of thiophene rings is 1. The molecular formula is C15H17ClF3NOS. The highest BCUT2D eigenvalue weighted by Gasteiger charge is 2.31. The Morgan fingerprint density at radius 2 is 2.00 bits per heavy atom. The molecule has 2 nitrogen and oxygen atoms in total. The van der Waals surface area contributed by atoms with Gasteiger partial charge in [0.2, 0.25) is 0 Å². The number of alkyl halides is 3. The number of benzene rings is 1. The van der Waals surface area contributed by atoms with Gasteiger partial charge in [0.15, 0.2) is 0 Å². The summed E-state index contributed by atoms with van der Waals surface area (Å²) in [7, 11) is 0. The number of hydrogen-bond donors (Lipinski definition) is 2. The number of aliphatic hydroxyl groups is 1. The molecule has 0 amide bonds. The van der Waals surface area contributed by atoms with Gasteiger partial charge in [-0.25, -0.2) is 0 Å². The number of hydrogen-bond acceptors (Lipinski definition) is 3. The molecule has 7 heteroatoms. The van der Waals surface area contributed by atoms with Crippen molar-refractivity contribution in [2.75, 3.05) is 6.61 Å². The predicted molar refractivity (Wildman–Crippen MR) is 84.5 cm³/mol. The summed E-state index contributed by atoms with van der Waals surface area (Å²) in [6.45, 7) is 1.65. The van der Waals surface area contributed by atoms with Crippen molar-refractivity contribution in [1.29, 1.82) is 0 Å². The van der Waals surface area contributed by atoms with Crippen LogP contribution in [0.5, 0.6) is 0 Å². The minimum absolute atomic E-state index is 0.111. The van der Waals surface area contributed by atoms with E-state index >= 15 is 0 Å². The highest BCUT2D eigenvalue weighted by atomic mass is 35.5. The second kappa shape index (κ2) is 6.35. The van der Waals surface area contributed by atoms with E-state index < -0.39 is 17.3 Å². The van der Waals surface area contributed by atoms with E-state index in [1.54, 1.807) is 6.92 Å². The molecule has 22 heavy (non-hydrogen) atoms. The SMILES string of the molecule is C[C@@](N)(CO)CCCc1c(Cl)sc2cc(C(F)(F)F)ccc12. The van der Waals surface area contributed by atoms with E-state index in [9.17, 15) is 13.2 Å². The van der Waals surface area contributed by atoms with Crippen LogP contribution in [0.25, 0.3) is 10.1 Å². The summed E-state index contributed by atoms with van der Waals surface area (Å²) in [4.78, 5) is 0. The molecule has 1 atom stereocenters. The number of nitrogens with two attached hydrogens (primary N) is 1. The van der Waals surface area contributed by atoms with Gasteiger partial charge in [-0.05, 0) is 49.3 Å². The molecule has 0 aliphatic rings. The number of rotatable bonds is 5. The number of aliphatic hydroxyl groups excluding tert-OH is 1. The second-order valence-corrected chi connectivity index (χ2v) is 7.38. The predicted octanol–water partition coefficient (Wildman–Crippen LogP) is 4.61. The van der Waals surface area contributed by atoms with Crippen LogP contribution >= 0.6 is 22.9 Å². The molecule has 0 aliphatic carbocycles. The zero-order valence-corrected chi connectivity index (χ0v) is 13.6. The molecule has 0 spiro atoms. The van der Waals surface area contributed by atoms with Crippen LogP contribution in [0.1, 0.15) is 30.9 Å². The van der Waals surface area contributed by atoms with Gasteiger partial charge in [-0.1, -0.05) is 17.7 Å². The third kappa shape index (κ3) is 3.93. The summed E-state index contributed by atoms with van der Waals surface area (Å²) in [5, 5.41) is 9.88. The van der Waals surface area contributed by atoms with Crippen molar-refractivity contribution in [1.82, 2.24) is 0 Å². The van der Waals surface area contributed by atoms with Gasteiger partial charge in [-0.3, -0.25) is 0 Å². The molecule has 2 rings (SSSR count). The lowest BCUT2D eigenvalue weighted by molar-refractivity contribution is -0.137. The van der Waals surface area contributed by atoms with Gasteiger partial charge in [0, 0.05) is 10.2 Å². The van der Waals surface area contributed by atoms with Crippen LogP contribution in [0, 0.1) is 0 Å². The smallest absolute Gasteiger partial charge is 0.394 e. The van der Waals surface area contributed by atoms with Crippen molar-refractivity contribution in [3.63, 3.8) is 0 Å². The summed E-state index contributed by atoms with van der Waals surface area (Å²) in [5.41, 5.74) is 5.40. The van der Waals surface area contributed by atoms with E-state index in [2.05, 4.69) is 0 Å². The van der Waals surface area contributed by atoms with Crippen molar-refractivity contribution < 1.29 is 18.3 Å². The third-order valence-corrected chi connectivity index (χ3v) is 5.05. The molecule has 0 radical (unpaired) electrons. The largest absolute Gasteiger partial charge is 0.416 e. The minimum Gasteiger partial charge on any atom is -0.394 e. The molecule has 0 saturated heterocycles. The Bertz CT molecular complexity index is 667. The molecule has 0 aliphatic heterocycles. The third-order valence-electron chi connectivity index (χ3n) is 3.61. The van der Waals surface area contributed by atoms with Gasteiger partial charge in [0.1, 0.15) is 0 Å². The quantitative estimate of drug-likeness (QED) is 0.826. The maximum atomic E-state index is 12.7. The van der Waals surface area contributed by atoms with Crippen molar-refractivity contribution >= 4 is 33.0 Å². The summed E-state index contributed by atoms with van der Waals surface area (Å²) >= 11 is 7.33. The topological polar surface area (TPSA) is 46.2 Å². The Morgan fingerprint density at radius 1 is 1.32 bits per heavy atom. The Labute approximate surface area is 135 Å². The molecule has 122 valence electrons. The monoisotopic (exact) mass is 351 g/mol. The van der Waals surface area contributed by atoms with Gasteiger partial charge in [0.05, 0.1) is 16.5 Å². The first kappa shape index (κ1) is 17.5. The van der Waals surface area contributed by atoms with Gasteiger partial charge in [0.25, 0.3) is 0 Å². The highest BCUT2D eigenvalue weighted by molar-refractivity contribution is 7.22. The molecule has 0 fully saturated rings. The first-order valence-corrected chi connectivity index (χ1v) is 8.01. The molecule has 3 N–H and O–H groups in total. The van der Waals surface area contributed by atoms with Crippen molar-refractivity contribution in [3.8, 4) is 0 Å². The van der Waals surface area contributed by atoms with Crippen molar-refractivity contribution in [2.45, 2.75) is 37.9 Å². The van der Waals surface area contributed by atoms with E-state index in [1.165, 1.54) is 6.07 Å². The van der Waals surface area contributed by atoms with Crippen LogP contribution < -0.4 is 5.73 Å². The molecule has 1 aromatic carbocycles. The lowest BCUT2D eigenvalue weighted by Crippen LogP contribution is -2.40. The Hall–Kier alpha value is -0.820. The maximum Gasteiger partial charge on any atom is 0.416 e. The minimum atomic E-state index is -4.35. The maximum absolute atomic E-state index is 12.7. The Kier molecular flexibility index (Phi) is 5.06. The van der Waals surface area contributed by atoms with Gasteiger partial charge in [-0.15, -0.1) is 11.3 Å². The Balaban J connectivity index is 2.22. The van der Waals surface area contributed by atoms with Crippen LogP contribution in [0.3, 0.4) is 0 Å². The first-order valence-electron chi connectivity index (χ1n) is 6.82. The highest BCUT2D eigenvalue weighted by Crippen LogP contribution is 2.39. The zero-order chi connectivity index (χ0) is 16.5. The van der Waals surface area contributed by atoms with Crippen molar-refractivity contribution in [3.05, 3.63) is 33.7 Å². The average Bonchev–Trinajstić information content (AvgIpc) is 2.73. The van der Waals surface area contributed by atoms with Crippen LogP contribution in [0.4, 0.5) is 13.2 Å². The van der Waals surface area contributed by atoms with E-state index in [4.69, 9.17) is 22.4 Å². The fourth-order valence-corrected chi connectivity index (χ4v) is 3.74. The lowest BCUT2D eigenvalue weighted by atomic mass is 9.95. The van der Waals surface area contributed by atoms with E-state index in [-0.39, 0.29) is 6.61 Å². The van der Waals surface area contributed by atoms with Crippen LogP contribution in [-0.2, 0) is 12.6 Å². The van der Waals surface area contributed by atoms with E-state index in [1.807, 2.05) is 0 Å². The molecule has 1 heterocycles. The zero-order valence-electron chi connectivity index (χ0n) is 12.0. The van der Waals surface area contributed by atoms with Gasteiger partial charge < -0.3 is 10.8 Å². The number of fused-ring (bicyclic) bond motifs is 1. The van der Waals surface area contributed by atoms with Crippen LogP contribution in [0.2, 0.25) is 4.34 Å². The normalized spacial score (nSPS) is 15.2. The van der Waals surface area contributed by atoms with Crippen LogP contribution in [-0.4, -0.2) is 17.3 Å². The summed E-state index contributed by atoms with van der Waals surface area (Å²) < 4.78 is 39.2. The molecule has 2 aromatic rings. The number of aryl methyl sites for hydroxylation is 1. The summed E-state index contributed by atoms with van der Waals surface area (Å²) in [6.07, 6.45) is -2.41. The van der Waals surface area contributed by atoms with Gasteiger partial charge in [-0.2, -0.15) is 13.2 Å². The lowest BCUT2D eigenvalue weighted by Gasteiger charge is -2.21. The number of halogens is 4. The summed E-state index contributed by atoms with van der Waals surface area (Å²) in [6, 6.07) is 3.69. The van der Waals surface area contributed by atoms with Crippen LogP contribution in [0.15, 0.2) is 18.2 Å². The standard InChI is InChI=1S/C15H17ClF3NOS/c1-14(20,8-21)6-2-3-11-10-5-4-9(15(17,18)19)7-12(10)22-13(11)16/h4-5,7,21H,2-3,6,8,20H2,1H3/t14-/m0/s1. The van der Waals surface area contributed by atoms with E-state index in [0.717, 1.165) is 34.4 Å². The molecule has 0 unspecified atom stereocenters. The molecule has 1 aromatic heterocycles. The Morgan fingerprint density at radius 3 is 2.59 bits per heavy atom. The van der Waals surface area contributed by atoms with Gasteiger partial charge >= 0.3 is 6.18 Å². The second-order valence-electron chi connectivity index (χ2n) is 5.73. The van der Waals surface area contributed by atoms with Crippen molar-refractivity contribution in [2.24, 2.45) is 5.73 Å². The average molecular weight is 352 g/mol. The molecule has 0 saturated carbocycles. The summed E-state index contributed by atoms with van der Waals surface area (Å²) in [5.74, 6) is 0. The molecular weight excluding hydrogens is 335 g/mol.